The quantitative estimate of drug-likeness (QED) is 0.470. The summed E-state index contributed by atoms with van der Waals surface area (Å²) >= 11 is 0. The second-order valence-corrected chi connectivity index (χ2v) is 9.33. The lowest BCUT2D eigenvalue weighted by Gasteiger charge is -2.39. The summed E-state index contributed by atoms with van der Waals surface area (Å²) in [6.07, 6.45) is 1.71. The zero-order chi connectivity index (χ0) is 25.9. The first-order valence-electron chi connectivity index (χ1n) is 12.0. The molecule has 0 aromatic heterocycles. The molecule has 0 bridgehead atoms. The molecule has 9 heteroatoms. The molecule has 0 radical (unpaired) electrons. The van der Waals surface area contributed by atoms with Crippen molar-refractivity contribution in [3.8, 4) is 5.75 Å². The number of urea groups is 1. The van der Waals surface area contributed by atoms with Gasteiger partial charge < -0.3 is 19.7 Å². The topological polar surface area (TPSA) is 105 Å². The lowest BCUT2D eigenvalue weighted by molar-refractivity contribution is -0.133. The number of carbonyl (C=O) groups is 4. The molecule has 2 aromatic carbocycles. The Hall–Kier alpha value is -3.88. The van der Waals surface area contributed by atoms with E-state index in [0.717, 1.165) is 11.3 Å². The summed E-state index contributed by atoms with van der Waals surface area (Å²) in [5, 5.41) is 2.92. The van der Waals surface area contributed by atoms with E-state index in [1.54, 1.807) is 37.1 Å². The number of amides is 4. The number of imide groups is 1. The molecule has 4 amide bonds. The van der Waals surface area contributed by atoms with E-state index in [9.17, 15) is 19.2 Å². The number of methoxy groups -OCH3 is 2. The molecular weight excluding hydrogens is 462 g/mol. The lowest BCUT2D eigenvalue weighted by Crippen LogP contribution is -2.54. The first-order valence-corrected chi connectivity index (χ1v) is 12.0. The summed E-state index contributed by atoms with van der Waals surface area (Å²) in [5.74, 6) is -0.236. The van der Waals surface area contributed by atoms with Crippen LogP contribution in [-0.2, 0) is 16.0 Å². The SMILES string of the molecule is COC(=O)c1cccc(C(=O)N2CCC(C3(C)NC(=O)N(CCc4ccc(OC)cc4)C3=O)CC2)c1. The van der Waals surface area contributed by atoms with Crippen molar-refractivity contribution in [1.29, 1.82) is 0 Å². The molecule has 0 spiro atoms. The van der Waals surface area contributed by atoms with Crippen LogP contribution >= 0.6 is 0 Å². The largest absolute Gasteiger partial charge is 0.497 e. The normalized spacial score (nSPS) is 20.3. The number of likely N-dealkylation sites (tertiary alicyclic amines) is 1. The zero-order valence-corrected chi connectivity index (χ0v) is 20.8. The Bertz CT molecular complexity index is 1160. The molecule has 4 rings (SSSR count). The molecule has 0 aliphatic carbocycles. The average Bonchev–Trinajstić information content (AvgIpc) is 3.14. The van der Waals surface area contributed by atoms with Crippen LogP contribution in [0, 0.1) is 5.92 Å². The van der Waals surface area contributed by atoms with Gasteiger partial charge in [-0.05, 0) is 68.0 Å². The van der Waals surface area contributed by atoms with Crippen LogP contribution in [0.2, 0.25) is 0 Å². The summed E-state index contributed by atoms with van der Waals surface area (Å²) in [5.41, 5.74) is 0.738. The second kappa shape index (κ2) is 10.4. The van der Waals surface area contributed by atoms with Gasteiger partial charge in [-0.2, -0.15) is 0 Å². The summed E-state index contributed by atoms with van der Waals surface area (Å²) in [6.45, 7) is 2.98. The van der Waals surface area contributed by atoms with Crippen molar-refractivity contribution >= 4 is 23.8 Å². The van der Waals surface area contributed by atoms with E-state index >= 15 is 0 Å². The van der Waals surface area contributed by atoms with Gasteiger partial charge in [-0.25, -0.2) is 9.59 Å². The lowest BCUT2D eigenvalue weighted by atomic mass is 9.78. The maximum absolute atomic E-state index is 13.3. The fourth-order valence-corrected chi connectivity index (χ4v) is 4.97. The molecule has 2 aliphatic rings. The molecule has 2 saturated heterocycles. The van der Waals surface area contributed by atoms with Gasteiger partial charge in [0.05, 0.1) is 19.8 Å². The van der Waals surface area contributed by atoms with Crippen LogP contribution in [0.25, 0.3) is 0 Å². The third-order valence-electron chi connectivity index (χ3n) is 7.21. The average molecular weight is 494 g/mol. The molecule has 2 aromatic rings. The minimum Gasteiger partial charge on any atom is -0.497 e. The van der Waals surface area contributed by atoms with Gasteiger partial charge in [0.25, 0.3) is 11.8 Å². The van der Waals surface area contributed by atoms with Crippen LogP contribution in [0.3, 0.4) is 0 Å². The van der Waals surface area contributed by atoms with Gasteiger partial charge in [0, 0.05) is 25.2 Å². The summed E-state index contributed by atoms with van der Waals surface area (Å²) in [4.78, 5) is 53.9. The van der Waals surface area contributed by atoms with E-state index in [-0.39, 0.29) is 23.8 Å². The standard InChI is InChI=1S/C27H31N3O6/c1-27(25(33)30(26(34)28-27)16-11-18-7-9-22(35-2)10-8-18)21-12-14-29(15-13-21)23(31)19-5-4-6-20(17-19)24(32)36-3/h4-10,17,21H,11-16H2,1-3H3,(H,28,34). The highest BCUT2D eigenvalue weighted by Gasteiger charge is 2.52. The van der Waals surface area contributed by atoms with Crippen molar-refractivity contribution in [2.45, 2.75) is 31.7 Å². The van der Waals surface area contributed by atoms with Crippen LogP contribution in [-0.4, -0.2) is 73.0 Å². The Morgan fingerprint density at radius 1 is 1.03 bits per heavy atom. The van der Waals surface area contributed by atoms with E-state index in [2.05, 4.69) is 5.32 Å². The molecule has 36 heavy (non-hydrogen) atoms. The van der Waals surface area contributed by atoms with Gasteiger partial charge in [-0.3, -0.25) is 14.5 Å². The van der Waals surface area contributed by atoms with Crippen LogP contribution in [0.1, 0.15) is 46.0 Å². The van der Waals surface area contributed by atoms with Gasteiger partial charge in [0.1, 0.15) is 11.3 Å². The van der Waals surface area contributed by atoms with Crippen LogP contribution < -0.4 is 10.1 Å². The number of nitrogens with zero attached hydrogens (tertiary/aromatic N) is 2. The predicted molar refractivity (Wildman–Crippen MR) is 132 cm³/mol. The van der Waals surface area contributed by atoms with Gasteiger partial charge in [-0.15, -0.1) is 0 Å². The van der Waals surface area contributed by atoms with Crippen molar-refractivity contribution in [2.75, 3.05) is 33.9 Å². The van der Waals surface area contributed by atoms with Gasteiger partial charge in [-0.1, -0.05) is 18.2 Å². The molecule has 190 valence electrons. The maximum Gasteiger partial charge on any atom is 0.337 e. The van der Waals surface area contributed by atoms with Crippen molar-refractivity contribution < 1.29 is 28.7 Å². The summed E-state index contributed by atoms with van der Waals surface area (Å²) < 4.78 is 9.91. The van der Waals surface area contributed by atoms with E-state index in [0.29, 0.717) is 50.0 Å². The third-order valence-corrected chi connectivity index (χ3v) is 7.21. The number of esters is 1. The number of carbonyl (C=O) groups excluding carboxylic acids is 4. The Kier molecular flexibility index (Phi) is 7.28. The highest BCUT2D eigenvalue weighted by molar-refractivity contribution is 6.07. The predicted octanol–water partition coefficient (Wildman–Crippen LogP) is 2.89. The Balaban J connectivity index is 1.36. The Morgan fingerprint density at radius 2 is 1.69 bits per heavy atom. The van der Waals surface area contributed by atoms with Crippen molar-refractivity contribution in [3.63, 3.8) is 0 Å². The molecule has 1 atom stereocenters. The molecule has 2 heterocycles. The number of rotatable bonds is 7. The number of piperidine rings is 1. The van der Waals surface area contributed by atoms with E-state index in [1.807, 2.05) is 24.3 Å². The van der Waals surface area contributed by atoms with Crippen LogP contribution in [0.15, 0.2) is 48.5 Å². The van der Waals surface area contributed by atoms with Crippen LogP contribution in [0.4, 0.5) is 4.79 Å². The Labute approximate surface area is 210 Å². The highest BCUT2D eigenvalue weighted by atomic mass is 16.5. The highest BCUT2D eigenvalue weighted by Crippen LogP contribution is 2.34. The molecule has 2 fully saturated rings. The smallest absolute Gasteiger partial charge is 0.337 e. The Morgan fingerprint density at radius 3 is 2.33 bits per heavy atom. The summed E-state index contributed by atoms with van der Waals surface area (Å²) in [7, 11) is 2.90. The molecule has 0 saturated carbocycles. The number of hydrogen-bond donors (Lipinski definition) is 1. The fraction of sp³-hybridized carbons (Fsp3) is 0.407. The van der Waals surface area contributed by atoms with Crippen molar-refractivity contribution in [3.05, 3.63) is 65.2 Å². The maximum atomic E-state index is 13.3. The number of nitrogens with one attached hydrogen (secondary N) is 1. The number of hydrogen-bond acceptors (Lipinski definition) is 6. The zero-order valence-electron chi connectivity index (χ0n) is 20.8. The number of ether oxygens (including phenoxy) is 2. The van der Waals surface area contributed by atoms with Gasteiger partial charge >= 0.3 is 12.0 Å². The van der Waals surface area contributed by atoms with E-state index in [4.69, 9.17) is 9.47 Å². The first-order chi connectivity index (χ1) is 17.3. The van der Waals surface area contributed by atoms with Gasteiger partial charge in [0.15, 0.2) is 0 Å². The molecule has 9 nitrogen and oxygen atoms in total. The van der Waals surface area contributed by atoms with E-state index < -0.39 is 11.5 Å². The monoisotopic (exact) mass is 493 g/mol. The fourth-order valence-electron chi connectivity index (χ4n) is 4.97. The summed E-state index contributed by atoms with van der Waals surface area (Å²) in [6, 6.07) is 13.6. The molecular formula is C27H31N3O6. The molecule has 1 N–H and O–H groups in total. The van der Waals surface area contributed by atoms with Gasteiger partial charge in [0.2, 0.25) is 0 Å². The first kappa shape index (κ1) is 25.2. The third kappa shape index (κ3) is 4.91. The minimum absolute atomic E-state index is 0.0922. The molecule has 1 unspecified atom stereocenters. The molecule has 2 aliphatic heterocycles. The second-order valence-electron chi connectivity index (χ2n) is 9.33. The van der Waals surface area contributed by atoms with Crippen molar-refractivity contribution in [1.82, 2.24) is 15.1 Å². The minimum atomic E-state index is -1.00. The van der Waals surface area contributed by atoms with Crippen molar-refractivity contribution in [2.24, 2.45) is 5.92 Å². The number of benzene rings is 2. The van der Waals surface area contributed by atoms with E-state index in [1.165, 1.54) is 18.1 Å². The van der Waals surface area contributed by atoms with Crippen LogP contribution in [0.5, 0.6) is 5.75 Å².